The minimum absolute atomic E-state index is 0.0936. The number of carbonyl (C=O) groups is 3. The normalized spacial score (nSPS) is 17.2. The molecule has 180 valence electrons. The van der Waals surface area contributed by atoms with Gasteiger partial charge >= 0.3 is 12.1 Å². The Morgan fingerprint density at radius 2 is 1.62 bits per heavy atom. The predicted molar refractivity (Wildman–Crippen MR) is 122 cm³/mol. The molecule has 2 aromatic rings. The van der Waals surface area contributed by atoms with Crippen LogP contribution in [0, 0.1) is 0 Å². The van der Waals surface area contributed by atoms with Crippen LogP contribution in [0.15, 0.2) is 48.5 Å². The van der Waals surface area contributed by atoms with Gasteiger partial charge in [-0.25, -0.2) is 9.59 Å². The molecule has 1 aliphatic carbocycles. The van der Waals surface area contributed by atoms with Crippen LogP contribution in [0.1, 0.15) is 36.3 Å². The molecule has 2 aromatic carbocycles. The average Bonchev–Trinajstić information content (AvgIpc) is 3.16. The monoisotopic (exact) mass is 468 g/mol. The average molecular weight is 469 g/mol. The highest BCUT2D eigenvalue weighted by atomic mass is 16.5. The Kier molecular flexibility index (Phi) is 7.14. The van der Waals surface area contributed by atoms with Gasteiger partial charge in [0, 0.05) is 45.0 Å². The quantitative estimate of drug-likeness (QED) is 0.466. The molecule has 0 saturated carbocycles. The maximum absolute atomic E-state index is 13.1. The van der Waals surface area contributed by atoms with Gasteiger partial charge < -0.3 is 30.3 Å². The number of rotatable bonds is 8. The Morgan fingerprint density at radius 1 is 1.03 bits per heavy atom. The van der Waals surface area contributed by atoms with E-state index in [0.29, 0.717) is 0 Å². The zero-order valence-electron chi connectivity index (χ0n) is 18.7. The van der Waals surface area contributed by atoms with Crippen LogP contribution < -0.4 is 10.6 Å². The van der Waals surface area contributed by atoms with Crippen molar-refractivity contribution in [2.24, 2.45) is 0 Å². The van der Waals surface area contributed by atoms with Gasteiger partial charge in [0.05, 0.1) is 0 Å². The summed E-state index contributed by atoms with van der Waals surface area (Å²) in [5.41, 5.74) is 3.00. The van der Waals surface area contributed by atoms with Gasteiger partial charge in [0.2, 0.25) is 5.91 Å². The van der Waals surface area contributed by atoms with Gasteiger partial charge in [-0.1, -0.05) is 48.5 Å². The van der Waals surface area contributed by atoms with E-state index in [2.05, 4.69) is 10.6 Å². The van der Waals surface area contributed by atoms with Crippen molar-refractivity contribution >= 4 is 18.0 Å². The van der Waals surface area contributed by atoms with Gasteiger partial charge in [-0.2, -0.15) is 0 Å². The Balaban J connectivity index is 1.46. The standard InChI is InChI=1S/C25H28N2O7/c28-12-9-21(22(29)30)26-23(31)25(10-13-33-14-11-25)27-24(32)34-15-20-18-7-3-1-5-16(18)17-6-2-4-8-19(17)20/h1-8,20-21,28H,9-15H2,(H,26,31)(H,27,32)(H,29,30). The summed E-state index contributed by atoms with van der Waals surface area (Å²) in [7, 11) is 0. The fourth-order valence-corrected chi connectivity index (χ4v) is 4.64. The lowest BCUT2D eigenvalue weighted by molar-refractivity contribution is -0.144. The number of alkyl carbamates (subject to hydrolysis) is 1. The number of carbonyl (C=O) groups excluding carboxylic acids is 2. The van der Waals surface area contributed by atoms with E-state index in [-0.39, 0.29) is 45.0 Å². The zero-order valence-corrected chi connectivity index (χ0v) is 18.7. The summed E-state index contributed by atoms with van der Waals surface area (Å²) in [5.74, 6) is -2.02. The molecule has 0 bridgehead atoms. The van der Waals surface area contributed by atoms with Gasteiger partial charge in [-0.3, -0.25) is 4.79 Å². The van der Waals surface area contributed by atoms with Crippen molar-refractivity contribution in [3.63, 3.8) is 0 Å². The number of carboxylic acid groups (broad SMARTS) is 1. The third-order valence-corrected chi connectivity index (χ3v) is 6.49. The van der Waals surface area contributed by atoms with Crippen LogP contribution in [0.25, 0.3) is 11.1 Å². The van der Waals surface area contributed by atoms with Gasteiger partial charge in [-0.05, 0) is 22.3 Å². The van der Waals surface area contributed by atoms with Gasteiger partial charge in [0.1, 0.15) is 18.2 Å². The van der Waals surface area contributed by atoms with Crippen molar-refractivity contribution in [3.8, 4) is 11.1 Å². The number of aliphatic hydroxyl groups is 1. The molecule has 9 heteroatoms. The molecule has 4 rings (SSSR count). The highest BCUT2D eigenvalue weighted by Gasteiger charge is 2.43. The molecule has 1 unspecified atom stereocenters. The third-order valence-electron chi connectivity index (χ3n) is 6.49. The van der Waals surface area contributed by atoms with Gasteiger partial charge in [0.15, 0.2) is 0 Å². The van der Waals surface area contributed by atoms with Crippen LogP contribution in [0.2, 0.25) is 0 Å². The van der Waals surface area contributed by atoms with Crippen LogP contribution in [-0.4, -0.2) is 66.2 Å². The summed E-state index contributed by atoms with van der Waals surface area (Å²) in [5, 5.41) is 23.5. The molecule has 1 aliphatic heterocycles. The molecular formula is C25H28N2O7. The van der Waals surface area contributed by atoms with Crippen molar-refractivity contribution < 1.29 is 34.1 Å². The molecular weight excluding hydrogens is 440 g/mol. The molecule has 9 nitrogen and oxygen atoms in total. The highest BCUT2D eigenvalue weighted by Crippen LogP contribution is 2.44. The third kappa shape index (κ3) is 4.76. The first-order valence-corrected chi connectivity index (χ1v) is 11.3. The molecule has 0 radical (unpaired) electrons. The van der Waals surface area contributed by atoms with E-state index < -0.39 is 36.2 Å². The number of benzene rings is 2. The number of nitrogens with one attached hydrogen (secondary N) is 2. The smallest absolute Gasteiger partial charge is 0.408 e. The van der Waals surface area contributed by atoms with Gasteiger partial charge in [0.25, 0.3) is 0 Å². The van der Waals surface area contributed by atoms with E-state index in [4.69, 9.17) is 14.6 Å². The summed E-state index contributed by atoms with van der Waals surface area (Å²) < 4.78 is 10.9. The lowest BCUT2D eigenvalue weighted by atomic mass is 9.88. The maximum atomic E-state index is 13.1. The van der Waals surface area contributed by atoms with Crippen LogP contribution in [0.4, 0.5) is 4.79 Å². The van der Waals surface area contributed by atoms with E-state index >= 15 is 0 Å². The van der Waals surface area contributed by atoms with Crippen molar-refractivity contribution in [1.29, 1.82) is 0 Å². The number of carboxylic acids is 1. The number of aliphatic carboxylic acids is 1. The first-order chi connectivity index (χ1) is 16.4. The van der Waals surface area contributed by atoms with E-state index in [0.717, 1.165) is 22.3 Å². The second-order valence-corrected chi connectivity index (χ2v) is 8.52. The Bertz CT molecular complexity index is 1020. The Morgan fingerprint density at radius 3 is 2.18 bits per heavy atom. The summed E-state index contributed by atoms with van der Waals surface area (Å²) in [6.45, 7) is 0.160. The topological polar surface area (TPSA) is 134 Å². The van der Waals surface area contributed by atoms with Crippen LogP contribution in [0.3, 0.4) is 0 Å². The summed E-state index contributed by atoms with van der Waals surface area (Å²) in [4.78, 5) is 37.3. The summed E-state index contributed by atoms with van der Waals surface area (Å²) >= 11 is 0. The fourth-order valence-electron chi connectivity index (χ4n) is 4.64. The second-order valence-electron chi connectivity index (χ2n) is 8.52. The molecule has 1 atom stereocenters. The fraction of sp³-hybridized carbons (Fsp3) is 0.400. The summed E-state index contributed by atoms with van der Waals surface area (Å²) in [6.07, 6.45) is -0.547. The number of hydrogen-bond acceptors (Lipinski definition) is 6. The van der Waals surface area contributed by atoms with E-state index in [1.165, 1.54) is 0 Å². The number of ether oxygens (including phenoxy) is 2. The first-order valence-electron chi connectivity index (χ1n) is 11.3. The minimum atomic E-state index is -1.36. The van der Waals surface area contributed by atoms with Gasteiger partial charge in [-0.15, -0.1) is 0 Å². The molecule has 1 fully saturated rings. The van der Waals surface area contributed by atoms with E-state index in [1.807, 2.05) is 48.5 Å². The molecule has 0 aromatic heterocycles. The lowest BCUT2D eigenvalue weighted by Crippen LogP contribution is -2.63. The predicted octanol–water partition coefficient (Wildman–Crippen LogP) is 2.03. The molecule has 2 amide bonds. The zero-order chi connectivity index (χ0) is 24.1. The van der Waals surface area contributed by atoms with E-state index in [1.54, 1.807) is 0 Å². The second kappa shape index (κ2) is 10.2. The Labute approximate surface area is 197 Å². The number of fused-ring (bicyclic) bond motifs is 3. The number of amides is 2. The molecule has 34 heavy (non-hydrogen) atoms. The molecule has 2 aliphatic rings. The van der Waals surface area contributed by atoms with Crippen LogP contribution >= 0.6 is 0 Å². The summed E-state index contributed by atoms with van der Waals surface area (Å²) in [6, 6.07) is 14.7. The van der Waals surface area contributed by atoms with Crippen molar-refractivity contribution in [3.05, 3.63) is 59.7 Å². The molecule has 0 spiro atoms. The molecule has 4 N–H and O–H groups in total. The van der Waals surface area contributed by atoms with Crippen molar-refractivity contribution in [2.45, 2.75) is 36.8 Å². The van der Waals surface area contributed by atoms with Crippen LogP contribution in [-0.2, 0) is 19.1 Å². The SMILES string of the molecule is O=C(NC1(C(=O)NC(CCO)C(=O)O)CCOCC1)OCC1c2ccccc2-c2ccccc21. The first kappa shape index (κ1) is 23.7. The molecule has 1 heterocycles. The Hall–Kier alpha value is -3.43. The lowest BCUT2D eigenvalue weighted by Gasteiger charge is -2.36. The minimum Gasteiger partial charge on any atom is -0.480 e. The maximum Gasteiger partial charge on any atom is 0.408 e. The largest absolute Gasteiger partial charge is 0.480 e. The van der Waals surface area contributed by atoms with Crippen LogP contribution in [0.5, 0.6) is 0 Å². The van der Waals surface area contributed by atoms with Crippen molar-refractivity contribution in [1.82, 2.24) is 10.6 Å². The number of aliphatic hydroxyl groups excluding tert-OH is 1. The van der Waals surface area contributed by atoms with Crippen molar-refractivity contribution in [2.75, 3.05) is 26.4 Å². The highest BCUT2D eigenvalue weighted by molar-refractivity contribution is 5.93. The number of hydrogen-bond donors (Lipinski definition) is 4. The molecule has 1 saturated heterocycles. The van der Waals surface area contributed by atoms with E-state index in [9.17, 15) is 19.5 Å².